The van der Waals surface area contributed by atoms with E-state index < -0.39 is 0 Å². The van der Waals surface area contributed by atoms with Crippen LogP contribution in [0.4, 0.5) is 23.0 Å². The van der Waals surface area contributed by atoms with Gasteiger partial charge in [-0.25, -0.2) is 4.98 Å². The normalized spacial score (nSPS) is 19.6. The first kappa shape index (κ1) is 20.7. The molecule has 0 spiro atoms. The van der Waals surface area contributed by atoms with Gasteiger partial charge in [0.15, 0.2) is 5.65 Å². The number of nitrogens with zero attached hydrogens (tertiary/aromatic N) is 4. The second-order valence-electron chi connectivity index (χ2n) is 8.78. The molecule has 1 aliphatic carbocycles. The van der Waals surface area contributed by atoms with Crippen molar-refractivity contribution in [1.82, 2.24) is 19.9 Å². The van der Waals surface area contributed by atoms with Crippen LogP contribution in [-0.2, 0) is 14.3 Å². The first-order valence-corrected chi connectivity index (χ1v) is 11.5. The number of carbonyl (C=O) groups is 2. The van der Waals surface area contributed by atoms with E-state index in [0.717, 1.165) is 50.7 Å². The summed E-state index contributed by atoms with van der Waals surface area (Å²) in [6.07, 6.45) is 5.67. The lowest BCUT2D eigenvalue weighted by Crippen LogP contribution is -2.36. The van der Waals surface area contributed by atoms with E-state index in [-0.39, 0.29) is 18.2 Å². The lowest BCUT2D eigenvalue weighted by Gasteiger charge is -2.28. The number of amides is 2. The topological polar surface area (TPSA) is 113 Å². The highest BCUT2D eigenvalue weighted by Crippen LogP contribution is 2.29. The Morgan fingerprint density at radius 1 is 1.12 bits per heavy atom. The average Bonchev–Trinajstić information content (AvgIpc) is 3.48. The monoisotopic (exact) mass is 459 g/mol. The predicted molar refractivity (Wildman–Crippen MR) is 128 cm³/mol. The summed E-state index contributed by atoms with van der Waals surface area (Å²) in [6, 6.07) is 10.6. The zero-order chi connectivity index (χ0) is 23.1. The molecule has 6 rings (SSSR count). The fourth-order valence-corrected chi connectivity index (χ4v) is 4.22. The fraction of sp³-hybridized carbons (Fsp3) is 0.333. The number of imide groups is 1. The van der Waals surface area contributed by atoms with Crippen molar-refractivity contribution in [1.29, 1.82) is 0 Å². The molecule has 2 aromatic heterocycles. The number of hydrogen-bond donors (Lipinski definition) is 3. The molecule has 0 unspecified atom stereocenters. The summed E-state index contributed by atoms with van der Waals surface area (Å²) in [6.45, 7) is 3.29. The maximum absolute atomic E-state index is 12.0. The average molecular weight is 460 g/mol. The number of carbonyl (C=O) groups excluding carboxylic acids is 2. The first-order valence-electron chi connectivity index (χ1n) is 11.5. The second kappa shape index (κ2) is 8.45. The van der Waals surface area contributed by atoms with E-state index in [1.165, 1.54) is 5.69 Å². The van der Waals surface area contributed by atoms with Crippen molar-refractivity contribution in [2.75, 3.05) is 41.8 Å². The summed E-state index contributed by atoms with van der Waals surface area (Å²) in [4.78, 5) is 30.7. The first-order chi connectivity index (χ1) is 16.6. The smallest absolute Gasteiger partial charge is 0.254 e. The van der Waals surface area contributed by atoms with E-state index in [1.54, 1.807) is 16.8 Å². The number of benzene rings is 1. The van der Waals surface area contributed by atoms with Gasteiger partial charge < -0.3 is 20.3 Å². The number of anilines is 4. The third-order valence-electron chi connectivity index (χ3n) is 6.17. The number of hydrogen-bond acceptors (Lipinski definition) is 8. The van der Waals surface area contributed by atoms with E-state index in [2.05, 4.69) is 38.1 Å². The van der Waals surface area contributed by atoms with Gasteiger partial charge in [-0.1, -0.05) is 0 Å². The number of aromatic nitrogens is 3. The molecule has 3 fully saturated rings. The van der Waals surface area contributed by atoms with Gasteiger partial charge in [-0.3, -0.25) is 14.9 Å². The third-order valence-corrected chi connectivity index (χ3v) is 6.17. The molecule has 2 amide bonds. The molecule has 4 heterocycles. The van der Waals surface area contributed by atoms with Crippen LogP contribution in [0.15, 0.2) is 42.1 Å². The summed E-state index contributed by atoms with van der Waals surface area (Å²) in [5, 5.41) is 13.7. The minimum atomic E-state index is -0.365. The van der Waals surface area contributed by atoms with Gasteiger partial charge in [0, 0.05) is 47.7 Å². The molecule has 0 bridgehead atoms. The van der Waals surface area contributed by atoms with Gasteiger partial charge in [0.1, 0.15) is 11.6 Å². The largest absolute Gasteiger partial charge is 0.378 e. The van der Waals surface area contributed by atoms with Crippen LogP contribution in [0.1, 0.15) is 24.8 Å². The van der Waals surface area contributed by atoms with Crippen LogP contribution >= 0.6 is 0 Å². The Hall–Kier alpha value is -3.92. The highest BCUT2D eigenvalue weighted by atomic mass is 16.5. The van der Waals surface area contributed by atoms with E-state index in [4.69, 9.17) is 9.72 Å². The molecule has 1 saturated carbocycles. The molecule has 3 N–H and O–H groups in total. The Balaban J connectivity index is 1.31. The fourth-order valence-electron chi connectivity index (χ4n) is 4.22. The van der Waals surface area contributed by atoms with E-state index in [0.29, 0.717) is 28.6 Å². The van der Waals surface area contributed by atoms with Crippen molar-refractivity contribution in [3.63, 3.8) is 0 Å². The van der Waals surface area contributed by atoms with Crippen LogP contribution < -0.4 is 20.9 Å². The van der Waals surface area contributed by atoms with Gasteiger partial charge in [-0.2, -0.15) is 9.61 Å². The molecular formula is C24H25N7O3. The van der Waals surface area contributed by atoms with Gasteiger partial charge in [-0.15, -0.1) is 0 Å². The second-order valence-corrected chi connectivity index (χ2v) is 8.78. The minimum Gasteiger partial charge on any atom is -0.378 e. The molecule has 0 radical (unpaired) electrons. The molecule has 2 saturated heterocycles. The highest BCUT2D eigenvalue weighted by Gasteiger charge is 2.26. The van der Waals surface area contributed by atoms with Gasteiger partial charge in [0.05, 0.1) is 25.8 Å². The highest BCUT2D eigenvalue weighted by molar-refractivity contribution is 6.15. The van der Waals surface area contributed by atoms with Crippen LogP contribution in [0.25, 0.3) is 11.7 Å². The van der Waals surface area contributed by atoms with E-state index >= 15 is 0 Å². The molecule has 10 nitrogen and oxygen atoms in total. The summed E-state index contributed by atoms with van der Waals surface area (Å²) in [5.74, 6) is 0.841. The Kier molecular flexibility index (Phi) is 5.14. The maximum atomic E-state index is 12.0. The number of fused-ring (bicyclic) bond motifs is 1. The standard InChI is InChI=1S/C24H25N7O3/c32-22-12-15(24(33)29-22)11-16-14-25-31-21(27-18-1-2-18)13-20(28-23(16)31)26-17-3-5-19(6-4-17)30-7-9-34-10-8-30/h3-6,11,13-14,18,27H,1-2,7-10,12H2,(H,26,28)(H,29,32,33)/b15-11+. The van der Waals surface area contributed by atoms with Gasteiger partial charge in [-0.05, 0) is 43.2 Å². The van der Waals surface area contributed by atoms with Crippen molar-refractivity contribution in [2.45, 2.75) is 25.3 Å². The van der Waals surface area contributed by atoms with Crippen molar-refractivity contribution in [2.24, 2.45) is 0 Å². The Bertz CT molecular complexity index is 1290. The summed E-state index contributed by atoms with van der Waals surface area (Å²) in [5.41, 5.74) is 3.80. The predicted octanol–water partition coefficient (Wildman–Crippen LogP) is 2.31. The summed E-state index contributed by atoms with van der Waals surface area (Å²) < 4.78 is 7.18. The Labute approximate surface area is 196 Å². The van der Waals surface area contributed by atoms with Crippen LogP contribution in [0.2, 0.25) is 0 Å². The van der Waals surface area contributed by atoms with Crippen LogP contribution in [0.3, 0.4) is 0 Å². The molecule has 10 heteroatoms. The molecule has 3 aliphatic rings. The zero-order valence-corrected chi connectivity index (χ0v) is 18.6. The molecule has 1 aromatic carbocycles. The van der Waals surface area contributed by atoms with Gasteiger partial charge in [0.2, 0.25) is 5.91 Å². The summed E-state index contributed by atoms with van der Waals surface area (Å²) >= 11 is 0. The number of morpholine rings is 1. The van der Waals surface area contributed by atoms with Crippen molar-refractivity contribution < 1.29 is 14.3 Å². The van der Waals surface area contributed by atoms with Gasteiger partial charge >= 0.3 is 0 Å². The van der Waals surface area contributed by atoms with Crippen molar-refractivity contribution in [3.8, 4) is 0 Å². The van der Waals surface area contributed by atoms with Crippen molar-refractivity contribution >= 4 is 46.5 Å². The zero-order valence-electron chi connectivity index (χ0n) is 18.6. The lowest BCUT2D eigenvalue weighted by molar-refractivity contribution is -0.124. The van der Waals surface area contributed by atoms with Gasteiger partial charge in [0.25, 0.3) is 5.91 Å². The third kappa shape index (κ3) is 4.19. The Morgan fingerprint density at radius 2 is 1.91 bits per heavy atom. The molecular weight excluding hydrogens is 434 g/mol. The summed E-state index contributed by atoms with van der Waals surface area (Å²) in [7, 11) is 0. The molecule has 174 valence electrons. The number of nitrogens with one attached hydrogen (secondary N) is 3. The van der Waals surface area contributed by atoms with Crippen LogP contribution in [0, 0.1) is 0 Å². The molecule has 2 aliphatic heterocycles. The molecule has 34 heavy (non-hydrogen) atoms. The van der Waals surface area contributed by atoms with E-state index in [9.17, 15) is 9.59 Å². The quantitative estimate of drug-likeness (QED) is 0.380. The SMILES string of the molecule is O=C1C/C(=C\c2cnn3c(NC4CC4)cc(Nc4ccc(N5CCOCC5)cc4)nc23)C(=O)N1. The maximum Gasteiger partial charge on any atom is 0.254 e. The lowest BCUT2D eigenvalue weighted by atomic mass is 10.1. The number of ether oxygens (including phenoxy) is 1. The van der Waals surface area contributed by atoms with Crippen LogP contribution in [-0.4, -0.2) is 58.8 Å². The van der Waals surface area contributed by atoms with Crippen LogP contribution in [0.5, 0.6) is 0 Å². The van der Waals surface area contributed by atoms with E-state index in [1.807, 2.05) is 18.2 Å². The molecule has 0 atom stereocenters. The Morgan fingerprint density at radius 3 is 2.62 bits per heavy atom. The number of rotatable bonds is 6. The minimum absolute atomic E-state index is 0.0663. The molecule has 3 aromatic rings. The van der Waals surface area contributed by atoms with Crippen molar-refractivity contribution in [3.05, 3.63) is 47.7 Å².